The lowest BCUT2D eigenvalue weighted by Gasteiger charge is -2.06. The van der Waals surface area contributed by atoms with Crippen LogP contribution in [0.25, 0.3) is 0 Å². The zero-order valence-corrected chi connectivity index (χ0v) is 11.6. The van der Waals surface area contributed by atoms with E-state index in [4.69, 9.17) is 4.74 Å². The summed E-state index contributed by atoms with van der Waals surface area (Å²) >= 11 is 0. The molecule has 0 atom stereocenters. The third-order valence-electron chi connectivity index (χ3n) is 3.68. The van der Waals surface area contributed by atoms with Crippen LogP contribution in [0.4, 0.5) is 0 Å². The number of aryl methyl sites for hydroxylation is 2. The molecule has 0 radical (unpaired) electrons. The van der Waals surface area contributed by atoms with E-state index in [2.05, 4.69) is 37.1 Å². The van der Waals surface area contributed by atoms with Gasteiger partial charge in [-0.2, -0.15) is 5.10 Å². The summed E-state index contributed by atoms with van der Waals surface area (Å²) in [5, 5.41) is 4.28. The second kappa shape index (κ2) is 5.08. The summed E-state index contributed by atoms with van der Waals surface area (Å²) in [4.78, 5) is 0. The minimum atomic E-state index is 0.373. The molecule has 1 aromatic carbocycles. The average molecular weight is 256 g/mol. The zero-order chi connectivity index (χ0) is 13.2. The maximum Gasteiger partial charge on any atom is 0.157 e. The molecule has 19 heavy (non-hydrogen) atoms. The second-order valence-corrected chi connectivity index (χ2v) is 5.50. The summed E-state index contributed by atoms with van der Waals surface area (Å²) in [6, 6.07) is 7.09. The normalized spacial score (nSPS) is 13.8. The quantitative estimate of drug-likeness (QED) is 0.836. The number of rotatable bonds is 4. The van der Waals surface area contributed by atoms with Gasteiger partial charge in [0.25, 0.3) is 0 Å². The molecule has 3 nitrogen and oxygen atoms in total. The van der Waals surface area contributed by atoms with Crippen LogP contribution >= 0.6 is 0 Å². The maximum atomic E-state index is 5.80. The van der Waals surface area contributed by atoms with E-state index in [0.717, 1.165) is 5.75 Å². The van der Waals surface area contributed by atoms with E-state index in [1.54, 1.807) is 6.20 Å². The zero-order valence-electron chi connectivity index (χ0n) is 11.6. The first-order valence-corrected chi connectivity index (χ1v) is 7.00. The number of ether oxygens (including phenoxy) is 1. The van der Waals surface area contributed by atoms with Gasteiger partial charge in [0.1, 0.15) is 6.61 Å². The Bertz CT molecular complexity index is 572. The van der Waals surface area contributed by atoms with Crippen LogP contribution < -0.4 is 4.74 Å². The van der Waals surface area contributed by atoms with Gasteiger partial charge in [-0.15, -0.1) is 0 Å². The van der Waals surface area contributed by atoms with Crippen LogP contribution in [0.5, 0.6) is 5.75 Å². The first-order chi connectivity index (χ1) is 9.22. The van der Waals surface area contributed by atoms with Gasteiger partial charge in [0.05, 0.1) is 12.4 Å². The van der Waals surface area contributed by atoms with E-state index < -0.39 is 0 Å². The van der Waals surface area contributed by atoms with Crippen LogP contribution in [0.2, 0.25) is 0 Å². The molecule has 1 aliphatic carbocycles. The molecule has 0 fully saturated rings. The fraction of sp³-hybridized carbons (Fsp3) is 0.438. The molecule has 0 aliphatic heterocycles. The number of hydrogen-bond donors (Lipinski definition) is 0. The van der Waals surface area contributed by atoms with E-state index >= 15 is 0 Å². The van der Waals surface area contributed by atoms with E-state index in [1.807, 2.05) is 10.9 Å². The van der Waals surface area contributed by atoms with Crippen molar-refractivity contribution < 1.29 is 4.74 Å². The molecule has 3 heteroatoms. The van der Waals surface area contributed by atoms with Crippen LogP contribution in [0.1, 0.15) is 43.0 Å². The lowest BCUT2D eigenvalue weighted by molar-refractivity contribution is 0.305. The van der Waals surface area contributed by atoms with Crippen LogP contribution in [0, 0.1) is 0 Å². The number of nitrogens with zero attached hydrogens (tertiary/aromatic N) is 2. The third-order valence-corrected chi connectivity index (χ3v) is 3.68. The highest BCUT2D eigenvalue weighted by atomic mass is 16.5. The van der Waals surface area contributed by atoms with Crippen LogP contribution in [0.3, 0.4) is 0 Å². The molecule has 0 spiro atoms. The van der Waals surface area contributed by atoms with Crippen molar-refractivity contribution in [3.05, 3.63) is 47.3 Å². The van der Waals surface area contributed by atoms with Crippen LogP contribution in [-0.2, 0) is 19.4 Å². The van der Waals surface area contributed by atoms with Gasteiger partial charge in [-0.3, -0.25) is 4.68 Å². The van der Waals surface area contributed by atoms with Crippen molar-refractivity contribution in [2.24, 2.45) is 0 Å². The van der Waals surface area contributed by atoms with E-state index in [1.165, 1.54) is 36.0 Å². The summed E-state index contributed by atoms with van der Waals surface area (Å²) in [6.45, 7) is 4.84. The van der Waals surface area contributed by atoms with Gasteiger partial charge in [-0.1, -0.05) is 18.2 Å². The van der Waals surface area contributed by atoms with Crippen LogP contribution in [-0.4, -0.2) is 9.78 Å². The summed E-state index contributed by atoms with van der Waals surface area (Å²) in [5.41, 5.74) is 4.26. The SMILES string of the molecule is CC(C)n1cc(OCc2ccc3c(c2)CCC3)cn1. The van der Waals surface area contributed by atoms with Gasteiger partial charge in [-0.05, 0) is 49.8 Å². The van der Waals surface area contributed by atoms with Crippen molar-refractivity contribution in [2.75, 3.05) is 0 Å². The molecule has 0 saturated heterocycles. The molecule has 1 heterocycles. The molecule has 3 rings (SSSR count). The molecule has 1 aliphatic rings. The molecular weight excluding hydrogens is 236 g/mol. The Kier molecular flexibility index (Phi) is 3.28. The first kappa shape index (κ1) is 12.3. The van der Waals surface area contributed by atoms with Gasteiger partial charge in [-0.25, -0.2) is 0 Å². The highest BCUT2D eigenvalue weighted by Crippen LogP contribution is 2.23. The third kappa shape index (κ3) is 2.65. The topological polar surface area (TPSA) is 27.1 Å². The molecule has 2 aromatic rings. The maximum absolute atomic E-state index is 5.80. The average Bonchev–Trinajstić information content (AvgIpc) is 3.04. The largest absolute Gasteiger partial charge is 0.486 e. The van der Waals surface area contributed by atoms with Crippen molar-refractivity contribution in [1.82, 2.24) is 9.78 Å². The van der Waals surface area contributed by atoms with Gasteiger partial charge in [0.15, 0.2) is 5.75 Å². The van der Waals surface area contributed by atoms with Gasteiger partial charge >= 0.3 is 0 Å². The van der Waals surface area contributed by atoms with Gasteiger partial charge in [0, 0.05) is 6.04 Å². The Morgan fingerprint density at radius 1 is 1.26 bits per heavy atom. The lowest BCUT2D eigenvalue weighted by atomic mass is 10.1. The molecule has 0 bridgehead atoms. The van der Waals surface area contributed by atoms with E-state index in [0.29, 0.717) is 12.6 Å². The fourth-order valence-electron chi connectivity index (χ4n) is 2.56. The number of hydrogen-bond acceptors (Lipinski definition) is 2. The Morgan fingerprint density at radius 2 is 2.11 bits per heavy atom. The monoisotopic (exact) mass is 256 g/mol. The predicted molar refractivity (Wildman–Crippen MR) is 75.4 cm³/mol. The molecule has 0 amide bonds. The Morgan fingerprint density at radius 3 is 2.89 bits per heavy atom. The number of aromatic nitrogens is 2. The Hall–Kier alpha value is -1.77. The molecular formula is C16H20N2O. The Labute approximate surface area is 114 Å². The molecule has 0 saturated carbocycles. The molecule has 1 aromatic heterocycles. The Balaban J connectivity index is 1.65. The molecule has 0 N–H and O–H groups in total. The molecule has 0 unspecified atom stereocenters. The lowest BCUT2D eigenvalue weighted by Crippen LogP contribution is -2.00. The second-order valence-electron chi connectivity index (χ2n) is 5.50. The first-order valence-electron chi connectivity index (χ1n) is 7.00. The van der Waals surface area contributed by atoms with Crippen molar-refractivity contribution in [2.45, 2.75) is 45.8 Å². The minimum Gasteiger partial charge on any atom is -0.486 e. The van der Waals surface area contributed by atoms with Crippen molar-refractivity contribution >= 4 is 0 Å². The van der Waals surface area contributed by atoms with Crippen molar-refractivity contribution in [3.63, 3.8) is 0 Å². The highest BCUT2D eigenvalue weighted by Gasteiger charge is 2.11. The van der Waals surface area contributed by atoms with Crippen molar-refractivity contribution in [3.8, 4) is 5.75 Å². The minimum absolute atomic E-state index is 0.373. The summed E-state index contributed by atoms with van der Waals surface area (Å²) in [7, 11) is 0. The van der Waals surface area contributed by atoms with E-state index in [-0.39, 0.29) is 0 Å². The van der Waals surface area contributed by atoms with E-state index in [9.17, 15) is 0 Å². The summed E-state index contributed by atoms with van der Waals surface area (Å²) < 4.78 is 7.71. The standard InChI is InChI=1S/C16H20N2O/c1-12(2)18-10-16(9-17-18)19-11-13-6-7-14-4-3-5-15(14)8-13/h6-10,12H,3-5,11H2,1-2H3. The van der Waals surface area contributed by atoms with Crippen molar-refractivity contribution in [1.29, 1.82) is 0 Å². The van der Waals surface area contributed by atoms with Gasteiger partial charge < -0.3 is 4.74 Å². The van der Waals surface area contributed by atoms with Crippen LogP contribution in [0.15, 0.2) is 30.6 Å². The number of fused-ring (bicyclic) bond motifs is 1. The molecule has 100 valence electrons. The predicted octanol–water partition coefficient (Wildman–Crippen LogP) is 3.53. The number of benzene rings is 1. The smallest absolute Gasteiger partial charge is 0.157 e. The summed E-state index contributed by atoms with van der Waals surface area (Å²) in [5.74, 6) is 0.842. The highest BCUT2D eigenvalue weighted by molar-refractivity contribution is 5.35. The summed E-state index contributed by atoms with van der Waals surface area (Å²) in [6.07, 6.45) is 7.48. The fourth-order valence-corrected chi connectivity index (χ4v) is 2.56. The van der Waals surface area contributed by atoms with Gasteiger partial charge in [0.2, 0.25) is 0 Å².